The molecule has 0 saturated carbocycles. The molecule has 0 radical (unpaired) electrons. The molecule has 0 aromatic heterocycles. The third kappa shape index (κ3) is 3.42. The highest BCUT2D eigenvalue weighted by atomic mass is 79.9. The van der Waals surface area contributed by atoms with Crippen LogP contribution >= 0.6 is 31.9 Å². The zero-order chi connectivity index (χ0) is 14.9. The summed E-state index contributed by atoms with van der Waals surface area (Å²) in [4.78, 5) is 0. The number of hydrogen-bond acceptors (Lipinski definition) is 1. The molecule has 2 N–H and O–H groups in total. The van der Waals surface area contributed by atoms with Crippen LogP contribution in [0.25, 0.3) is 0 Å². The molecule has 2 aromatic carbocycles. The zero-order valence-corrected chi connectivity index (χ0v) is 13.3. The molecule has 106 valence electrons. The first-order valence-corrected chi connectivity index (χ1v) is 7.25. The van der Waals surface area contributed by atoms with E-state index in [2.05, 4.69) is 31.9 Å². The minimum atomic E-state index is -4.37. The standard InChI is InChI=1S/C14H10Br2F3N/c15-10-4-5-11(12(16)7-10)13(20)8-2-1-3-9(6-8)14(17,18)19/h1-7,13H,20H2. The van der Waals surface area contributed by atoms with Crippen molar-refractivity contribution in [1.29, 1.82) is 0 Å². The first-order chi connectivity index (χ1) is 9.29. The number of benzene rings is 2. The molecule has 20 heavy (non-hydrogen) atoms. The Balaban J connectivity index is 2.41. The Morgan fingerprint density at radius 1 is 1.00 bits per heavy atom. The van der Waals surface area contributed by atoms with Gasteiger partial charge in [-0.1, -0.05) is 50.1 Å². The molecule has 0 heterocycles. The van der Waals surface area contributed by atoms with Gasteiger partial charge < -0.3 is 5.73 Å². The van der Waals surface area contributed by atoms with Crippen molar-refractivity contribution >= 4 is 31.9 Å². The monoisotopic (exact) mass is 407 g/mol. The van der Waals surface area contributed by atoms with Gasteiger partial charge in [0, 0.05) is 8.95 Å². The molecule has 0 aliphatic heterocycles. The van der Waals surface area contributed by atoms with Gasteiger partial charge in [-0.3, -0.25) is 0 Å². The molecule has 1 nitrogen and oxygen atoms in total. The summed E-state index contributed by atoms with van der Waals surface area (Å²) in [6, 6.07) is 9.83. The summed E-state index contributed by atoms with van der Waals surface area (Å²) in [6.45, 7) is 0. The molecular weight excluding hydrogens is 399 g/mol. The van der Waals surface area contributed by atoms with Crippen molar-refractivity contribution in [2.24, 2.45) is 5.73 Å². The number of alkyl halides is 3. The quantitative estimate of drug-likeness (QED) is 0.718. The maximum Gasteiger partial charge on any atom is 0.416 e. The topological polar surface area (TPSA) is 26.0 Å². The van der Waals surface area contributed by atoms with E-state index in [9.17, 15) is 13.2 Å². The fourth-order valence-corrected chi connectivity index (χ4v) is 3.14. The van der Waals surface area contributed by atoms with Crippen LogP contribution in [0.5, 0.6) is 0 Å². The lowest BCUT2D eigenvalue weighted by Crippen LogP contribution is -2.14. The molecule has 6 heteroatoms. The predicted molar refractivity (Wildman–Crippen MR) is 79.3 cm³/mol. The summed E-state index contributed by atoms with van der Waals surface area (Å²) in [5, 5.41) is 0. The van der Waals surface area contributed by atoms with Gasteiger partial charge in [0.25, 0.3) is 0 Å². The van der Waals surface area contributed by atoms with Crippen LogP contribution in [0, 0.1) is 0 Å². The summed E-state index contributed by atoms with van der Waals surface area (Å²) in [5.41, 5.74) is 6.52. The predicted octanol–water partition coefficient (Wildman–Crippen LogP) is 5.28. The first kappa shape index (κ1) is 15.5. The van der Waals surface area contributed by atoms with Gasteiger partial charge in [-0.25, -0.2) is 0 Å². The number of halogens is 5. The summed E-state index contributed by atoms with van der Waals surface area (Å²) in [6.07, 6.45) is -4.37. The van der Waals surface area contributed by atoms with E-state index in [4.69, 9.17) is 5.73 Å². The molecule has 0 aliphatic rings. The van der Waals surface area contributed by atoms with Crippen LogP contribution in [0.3, 0.4) is 0 Å². The van der Waals surface area contributed by atoms with E-state index >= 15 is 0 Å². The highest BCUT2D eigenvalue weighted by Gasteiger charge is 2.30. The third-order valence-electron chi connectivity index (χ3n) is 2.87. The molecule has 0 amide bonds. The third-order valence-corrected chi connectivity index (χ3v) is 4.05. The van der Waals surface area contributed by atoms with Crippen LogP contribution in [0.1, 0.15) is 22.7 Å². The summed E-state index contributed by atoms with van der Waals surface area (Å²) < 4.78 is 39.7. The van der Waals surface area contributed by atoms with E-state index in [0.29, 0.717) is 5.56 Å². The van der Waals surface area contributed by atoms with Crippen LogP contribution in [0.4, 0.5) is 13.2 Å². The molecule has 1 unspecified atom stereocenters. The zero-order valence-electron chi connectivity index (χ0n) is 10.1. The molecule has 2 aromatic rings. The molecule has 2 rings (SSSR count). The second-order valence-electron chi connectivity index (χ2n) is 4.27. The summed E-state index contributed by atoms with van der Waals surface area (Å²) >= 11 is 6.69. The molecule has 0 fully saturated rings. The minimum absolute atomic E-state index is 0.419. The number of nitrogens with two attached hydrogens (primary N) is 1. The van der Waals surface area contributed by atoms with Gasteiger partial charge >= 0.3 is 6.18 Å². The van der Waals surface area contributed by atoms with Gasteiger partial charge in [-0.2, -0.15) is 13.2 Å². The normalized spacial score (nSPS) is 13.3. The first-order valence-electron chi connectivity index (χ1n) is 5.66. The second kappa shape index (κ2) is 5.87. The Bertz CT molecular complexity index is 626. The Labute approximate surface area is 131 Å². The van der Waals surface area contributed by atoms with Gasteiger partial charge in [-0.05, 0) is 35.4 Å². The summed E-state index contributed by atoms with van der Waals surface area (Å²) in [5.74, 6) is 0. The maximum atomic E-state index is 12.7. The van der Waals surface area contributed by atoms with Crippen LogP contribution in [0.2, 0.25) is 0 Å². The van der Waals surface area contributed by atoms with E-state index < -0.39 is 17.8 Å². The maximum absolute atomic E-state index is 12.7. The van der Waals surface area contributed by atoms with Crippen molar-refractivity contribution in [1.82, 2.24) is 0 Å². The summed E-state index contributed by atoms with van der Waals surface area (Å²) in [7, 11) is 0. The molecular formula is C14H10Br2F3N. The second-order valence-corrected chi connectivity index (χ2v) is 6.04. The van der Waals surface area contributed by atoms with E-state index in [1.165, 1.54) is 6.07 Å². The van der Waals surface area contributed by atoms with E-state index in [0.717, 1.165) is 26.6 Å². The van der Waals surface area contributed by atoms with Crippen molar-refractivity contribution in [3.8, 4) is 0 Å². The van der Waals surface area contributed by atoms with Gasteiger partial charge in [0.05, 0.1) is 11.6 Å². The highest BCUT2D eigenvalue weighted by Crippen LogP contribution is 2.33. The van der Waals surface area contributed by atoms with Crippen molar-refractivity contribution in [3.05, 3.63) is 68.1 Å². The lowest BCUT2D eigenvalue weighted by Gasteiger charge is -2.16. The minimum Gasteiger partial charge on any atom is -0.320 e. The van der Waals surface area contributed by atoms with E-state index in [1.807, 2.05) is 6.07 Å². The van der Waals surface area contributed by atoms with Crippen molar-refractivity contribution in [2.75, 3.05) is 0 Å². The SMILES string of the molecule is NC(c1cccc(C(F)(F)F)c1)c1ccc(Br)cc1Br. The van der Waals surface area contributed by atoms with E-state index in [-0.39, 0.29) is 0 Å². The fourth-order valence-electron chi connectivity index (χ4n) is 1.84. The average molecular weight is 409 g/mol. The Morgan fingerprint density at radius 2 is 1.70 bits per heavy atom. The molecule has 0 spiro atoms. The van der Waals surface area contributed by atoms with Crippen molar-refractivity contribution in [2.45, 2.75) is 12.2 Å². The number of rotatable bonds is 2. The van der Waals surface area contributed by atoms with Gasteiger partial charge in [0.15, 0.2) is 0 Å². The van der Waals surface area contributed by atoms with Gasteiger partial charge in [0.1, 0.15) is 0 Å². The lowest BCUT2D eigenvalue weighted by atomic mass is 9.98. The van der Waals surface area contributed by atoms with Crippen LogP contribution in [-0.2, 0) is 6.18 Å². The van der Waals surface area contributed by atoms with Crippen LogP contribution < -0.4 is 5.73 Å². The lowest BCUT2D eigenvalue weighted by molar-refractivity contribution is -0.137. The highest BCUT2D eigenvalue weighted by molar-refractivity contribution is 9.11. The Kier molecular flexibility index (Phi) is 4.56. The van der Waals surface area contributed by atoms with Gasteiger partial charge in [-0.15, -0.1) is 0 Å². The Hall–Kier alpha value is -0.850. The van der Waals surface area contributed by atoms with E-state index in [1.54, 1.807) is 18.2 Å². The molecule has 0 aliphatic carbocycles. The largest absolute Gasteiger partial charge is 0.416 e. The molecule has 1 atom stereocenters. The fraction of sp³-hybridized carbons (Fsp3) is 0.143. The van der Waals surface area contributed by atoms with Gasteiger partial charge in [0.2, 0.25) is 0 Å². The smallest absolute Gasteiger partial charge is 0.320 e. The van der Waals surface area contributed by atoms with Crippen molar-refractivity contribution < 1.29 is 13.2 Å². The number of hydrogen-bond donors (Lipinski definition) is 1. The molecule has 0 bridgehead atoms. The Morgan fingerprint density at radius 3 is 2.30 bits per heavy atom. The average Bonchev–Trinajstić information content (AvgIpc) is 2.37. The van der Waals surface area contributed by atoms with Crippen LogP contribution in [0.15, 0.2) is 51.4 Å². The van der Waals surface area contributed by atoms with Crippen LogP contribution in [-0.4, -0.2) is 0 Å². The van der Waals surface area contributed by atoms with Crippen molar-refractivity contribution in [3.63, 3.8) is 0 Å². The molecule has 0 saturated heterocycles.